The highest BCUT2D eigenvalue weighted by molar-refractivity contribution is 9.10. The first-order valence-electron chi connectivity index (χ1n) is 7.66. The van der Waals surface area contributed by atoms with Crippen LogP contribution >= 0.6 is 51.1 Å². The molecule has 25 heavy (non-hydrogen) atoms. The smallest absolute Gasteiger partial charge is 0.230 e. The first-order valence-corrected chi connectivity index (χ1v) is 11.1. The lowest BCUT2D eigenvalue weighted by Crippen LogP contribution is -2.27. The highest BCUT2D eigenvalue weighted by atomic mass is 79.9. The van der Waals surface area contributed by atoms with Crippen molar-refractivity contribution in [2.24, 2.45) is 0 Å². The lowest BCUT2D eigenvalue weighted by atomic mass is 10.2. The van der Waals surface area contributed by atoms with E-state index in [1.165, 1.54) is 11.6 Å². The molecule has 0 atom stereocenters. The van der Waals surface area contributed by atoms with Crippen LogP contribution in [0.5, 0.6) is 0 Å². The fourth-order valence-corrected chi connectivity index (χ4v) is 4.50. The Morgan fingerprint density at radius 3 is 2.72 bits per heavy atom. The summed E-state index contributed by atoms with van der Waals surface area (Å²) in [6.07, 6.45) is 0. The largest absolute Gasteiger partial charge is 0.355 e. The van der Waals surface area contributed by atoms with Crippen molar-refractivity contribution >= 4 is 57.0 Å². The van der Waals surface area contributed by atoms with Gasteiger partial charge < -0.3 is 5.32 Å². The van der Waals surface area contributed by atoms with Gasteiger partial charge in [0.1, 0.15) is 5.82 Å². The molecule has 0 saturated heterocycles. The number of benzene rings is 2. The molecule has 0 fully saturated rings. The topological polar surface area (TPSA) is 29.1 Å². The molecule has 0 saturated carbocycles. The molecule has 1 N–H and O–H groups in total. The Hall–Kier alpha value is -0.690. The molecule has 134 valence electrons. The number of hydrogen-bond donors (Lipinski definition) is 1. The maximum Gasteiger partial charge on any atom is 0.230 e. The lowest BCUT2D eigenvalue weighted by molar-refractivity contribution is -0.118. The highest BCUT2D eigenvalue weighted by Crippen LogP contribution is 2.23. The van der Waals surface area contributed by atoms with E-state index in [2.05, 4.69) is 27.3 Å². The molecule has 0 radical (unpaired) electrons. The summed E-state index contributed by atoms with van der Waals surface area (Å²) in [6, 6.07) is 12.7. The van der Waals surface area contributed by atoms with Crippen LogP contribution in [0.25, 0.3) is 0 Å². The summed E-state index contributed by atoms with van der Waals surface area (Å²) in [4.78, 5) is 11.8. The number of carbonyl (C=O) groups is 1. The standard InChI is InChI=1S/C18H18BrClFNOS2/c19-14-4-1-3-13(9-14)10-25-12-18(23)22-7-8-24-11-15-16(20)5-2-6-17(15)21/h1-6,9H,7-8,10-12H2,(H,22,23). The number of halogens is 3. The van der Waals surface area contributed by atoms with Crippen LogP contribution in [0.1, 0.15) is 11.1 Å². The number of carbonyl (C=O) groups excluding carboxylic acids is 1. The fourth-order valence-electron chi connectivity index (χ4n) is 2.05. The molecule has 2 nitrogen and oxygen atoms in total. The van der Waals surface area contributed by atoms with E-state index in [4.69, 9.17) is 11.6 Å². The van der Waals surface area contributed by atoms with Crippen molar-refractivity contribution in [3.05, 3.63) is 68.9 Å². The fraction of sp³-hybridized carbons (Fsp3) is 0.278. The first kappa shape index (κ1) is 20.6. The SMILES string of the molecule is O=C(CSCc1cccc(Br)c1)NCCSCc1c(F)cccc1Cl. The van der Waals surface area contributed by atoms with E-state index in [0.29, 0.717) is 34.4 Å². The van der Waals surface area contributed by atoms with Crippen molar-refractivity contribution in [2.45, 2.75) is 11.5 Å². The van der Waals surface area contributed by atoms with Crippen molar-refractivity contribution in [3.8, 4) is 0 Å². The minimum Gasteiger partial charge on any atom is -0.355 e. The molecule has 0 bridgehead atoms. The second-order valence-corrected chi connectivity index (χ2v) is 8.64. The molecule has 7 heteroatoms. The van der Waals surface area contributed by atoms with Crippen LogP contribution in [0.2, 0.25) is 5.02 Å². The van der Waals surface area contributed by atoms with Crippen molar-refractivity contribution in [1.82, 2.24) is 5.32 Å². The molecule has 0 aromatic heterocycles. The van der Waals surface area contributed by atoms with Gasteiger partial charge in [0.25, 0.3) is 0 Å². The molecule has 1 amide bonds. The first-order chi connectivity index (χ1) is 12.1. The van der Waals surface area contributed by atoms with Crippen LogP contribution in [-0.2, 0) is 16.3 Å². The number of thioether (sulfide) groups is 2. The van der Waals surface area contributed by atoms with Gasteiger partial charge >= 0.3 is 0 Å². The molecule has 2 aromatic carbocycles. The molecular formula is C18H18BrClFNOS2. The lowest BCUT2D eigenvalue weighted by Gasteiger charge is -2.07. The predicted octanol–water partition coefficient (Wildman–Crippen LogP) is 5.52. The number of nitrogens with one attached hydrogen (secondary N) is 1. The van der Waals surface area contributed by atoms with Gasteiger partial charge in [0, 0.05) is 38.9 Å². The monoisotopic (exact) mass is 461 g/mol. The van der Waals surface area contributed by atoms with Gasteiger partial charge in [-0.25, -0.2) is 4.39 Å². The second kappa shape index (κ2) is 11.1. The van der Waals surface area contributed by atoms with Crippen LogP contribution < -0.4 is 5.32 Å². The van der Waals surface area contributed by atoms with E-state index in [9.17, 15) is 9.18 Å². The zero-order valence-corrected chi connectivity index (χ0v) is 17.4. The van der Waals surface area contributed by atoms with Gasteiger partial charge in [0.2, 0.25) is 5.91 Å². The summed E-state index contributed by atoms with van der Waals surface area (Å²) in [7, 11) is 0. The summed E-state index contributed by atoms with van der Waals surface area (Å²) in [5, 5.41) is 3.32. The average Bonchev–Trinajstić information content (AvgIpc) is 2.57. The summed E-state index contributed by atoms with van der Waals surface area (Å²) < 4.78 is 14.7. The van der Waals surface area contributed by atoms with Gasteiger partial charge in [-0.3, -0.25) is 4.79 Å². The number of hydrogen-bond acceptors (Lipinski definition) is 3. The minimum absolute atomic E-state index is 0.0181. The van der Waals surface area contributed by atoms with Gasteiger partial charge in [-0.1, -0.05) is 45.7 Å². The van der Waals surface area contributed by atoms with Gasteiger partial charge in [-0.15, -0.1) is 11.8 Å². The van der Waals surface area contributed by atoms with Crippen LogP contribution in [0.15, 0.2) is 46.9 Å². The molecule has 0 spiro atoms. The Balaban J connectivity index is 1.58. The third-order valence-corrected chi connectivity index (χ3v) is 6.10. The van der Waals surface area contributed by atoms with Gasteiger partial charge in [-0.2, -0.15) is 11.8 Å². The third-order valence-electron chi connectivity index (χ3n) is 3.27. The molecule has 0 aliphatic rings. The third kappa shape index (κ3) is 7.60. The minimum atomic E-state index is -0.284. The van der Waals surface area contributed by atoms with Gasteiger partial charge in [0.05, 0.1) is 5.75 Å². The maximum absolute atomic E-state index is 13.6. The average molecular weight is 463 g/mol. The Bertz CT molecular complexity index is 697. The van der Waals surface area contributed by atoms with E-state index in [0.717, 1.165) is 10.2 Å². The summed E-state index contributed by atoms with van der Waals surface area (Å²) in [6.45, 7) is 0.563. The summed E-state index contributed by atoms with van der Waals surface area (Å²) >= 11 is 12.5. The van der Waals surface area contributed by atoms with Crippen molar-refractivity contribution in [2.75, 3.05) is 18.1 Å². The van der Waals surface area contributed by atoms with Crippen molar-refractivity contribution < 1.29 is 9.18 Å². The van der Waals surface area contributed by atoms with E-state index in [1.807, 2.05) is 18.2 Å². The van der Waals surface area contributed by atoms with E-state index in [-0.39, 0.29) is 11.7 Å². The van der Waals surface area contributed by atoms with E-state index in [1.54, 1.807) is 35.7 Å². The highest BCUT2D eigenvalue weighted by Gasteiger charge is 2.07. The Morgan fingerprint density at radius 2 is 1.96 bits per heavy atom. The zero-order chi connectivity index (χ0) is 18.1. The molecule has 0 aliphatic heterocycles. The van der Waals surface area contributed by atoms with E-state index < -0.39 is 0 Å². The molecule has 0 aliphatic carbocycles. The van der Waals surface area contributed by atoms with Gasteiger partial charge in [0.15, 0.2) is 0 Å². The van der Waals surface area contributed by atoms with Crippen LogP contribution in [0.3, 0.4) is 0 Å². The van der Waals surface area contributed by atoms with Crippen molar-refractivity contribution in [3.63, 3.8) is 0 Å². The number of amides is 1. The Morgan fingerprint density at radius 1 is 1.16 bits per heavy atom. The Kier molecular flexibility index (Phi) is 9.17. The number of rotatable bonds is 9. The Labute approximate surface area is 169 Å². The van der Waals surface area contributed by atoms with Crippen LogP contribution in [0, 0.1) is 5.82 Å². The predicted molar refractivity (Wildman–Crippen MR) is 111 cm³/mol. The quantitative estimate of drug-likeness (QED) is 0.497. The molecule has 0 unspecified atom stereocenters. The van der Waals surface area contributed by atoms with Crippen LogP contribution in [-0.4, -0.2) is 24.0 Å². The normalized spacial score (nSPS) is 10.7. The van der Waals surface area contributed by atoms with Crippen LogP contribution in [0.4, 0.5) is 4.39 Å². The molecule has 2 rings (SSSR count). The zero-order valence-electron chi connectivity index (χ0n) is 13.4. The van der Waals surface area contributed by atoms with Crippen molar-refractivity contribution in [1.29, 1.82) is 0 Å². The van der Waals surface area contributed by atoms with E-state index >= 15 is 0 Å². The molecule has 2 aromatic rings. The van der Waals surface area contributed by atoms with Gasteiger partial charge in [-0.05, 0) is 29.8 Å². The molecule has 0 heterocycles. The second-order valence-electron chi connectivity index (χ2n) is 5.23. The maximum atomic E-state index is 13.6. The summed E-state index contributed by atoms with van der Waals surface area (Å²) in [5.74, 6) is 2.17. The summed E-state index contributed by atoms with van der Waals surface area (Å²) in [5.41, 5.74) is 1.70. The molecular weight excluding hydrogens is 445 g/mol.